The minimum atomic E-state index is -0.521. The number of nitrogens with one attached hydrogen (secondary N) is 2. The Balaban J connectivity index is 2.75. The number of hydrogen-bond donors (Lipinski definition) is 3. The van der Waals surface area contributed by atoms with Crippen molar-refractivity contribution in [1.29, 1.82) is 0 Å². The van der Waals surface area contributed by atoms with E-state index >= 15 is 0 Å². The smallest absolute Gasteiger partial charge is 0.319 e. The van der Waals surface area contributed by atoms with Crippen molar-refractivity contribution < 1.29 is 14.3 Å². The van der Waals surface area contributed by atoms with Gasteiger partial charge in [0.25, 0.3) is 0 Å². The minimum Gasteiger partial charge on any atom is -0.394 e. The average molecular weight is 326 g/mol. The molecule has 0 spiro atoms. The van der Waals surface area contributed by atoms with Crippen LogP contribution in [0.15, 0.2) is 16.6 Å². The first-order valence-electron chi connectivity index (χ1n) is 4.77. The van der Waals surface area contributed by atoms with Crippen molar-refractivity contribution in [3.05, 3.63) is 27.4 Å². The second kappa shape index (κ2) is 6.18. The van der Waals surface area contributed by atoms with Crippen LogP contribution in [0.5, 0.6) is 0 Å². The van der Waals surface area contributed by atoms with E-state index in [1.807, 2.05) is 0 Å². The van der Waals surface area contributed by atoms with Crippen LogP contribution in [0.25, 0.3) is 0 Å². The molecular weight excluding hydrogens is 314 g/mol. The Morgan fingerprint density at radius 2 is 2.29 bits per heavy atom. The highest BCUT2D eigenvalue weighted by atomic mass is 79.9. The van der Waals surface area contributed by atoms with Crippen molar-refractivity contribution in [1.82, 2.24) is 5.32 Å². The van der Waals surface area contributed by atoms with Gasteiger partial charge in [0.1, 0.15) is 5.82 Å². The molecule has 0 heterocycles. The van der Waals surface area contributed by atoms with Crippen molar-refractivity contribution >= 4 is 39.2 Å². The van der Waals surface area contributed by atoms with Gasteiger partial charge in [-0.25, -0.2) is 9.18 Å². The van der Waals surface area contributed by atoms with Crippen molar-refractivity contribution in [3.8, 4) is 0 Å². The van der Waals surface area contributed by atoms with Crippen LogP contribution in [0.2, 0.25) is 5.02 Å². The largest absolute Gasteiger partial charge is 0.394 e. The summed E-state index contributed by atoms with van der Waals surface area (Å²) in [6, 6.07) is 1.56. The Morgan fingerprint density at radius 1 is 1.65 bits per heavy atom. The molecule has 17 heavy (non-hydrogen) atoms. The lowest BCUT2D eigenvalue weighted by atomic mass is 10.3. The van der Waals surface area contributed by atoms with Crippen molar-refractivity contribution in [2.75, 3.05) is 11.9 Å². The first-order valence-corrected chi connectivity index (χ1v) is 5.94. The van der Waals surface area contributed by atoms with Crippen LogP contribution in [0.1, 0.15) is 6.92 Å². The first-order chi connectivity index (χ1) is 7.93. The van der Waals surface area contributed by atoms with E-state index in [4.69, 9.17) is 16.7 Å². The molecule has 0 aliphatic carbocycles. The normalized spacial score (nSPS) is 12.1. The van der Waals surface area contributed by atoms with Gasteiger partial charge in [-0.1, -0.05) is 11.6 Å². The summed E-state index contributed by atoms with van der Waals surface area (Å²) in [5, 5.41) is 13.8. The van der Waals surface area contributed by atoms with E-state index in [9.17, 15) is 9.18 Å². The van der Waals surface area contributed by atoms with Gasteiger partial charge in [0, 0.05) is 0 Å². The topological polar surface area (TPSA) is 61.4 Å². The molecule has 94 valence electrons. The fourth-order valence-corrected chi connectivity index (χ4v) is 1.59. The third kappa shape index (κ3) is 4.14. The number of urea groups is 1. The lowest BCUT2D eigenvalue weighted by Crippen LogP contribution is -2.38. The summed E-state index contributed by atoms with van der Waals surface area (Å²) in [6.07, 6.45) is 0. The number of amides is 2. The predicted octanol–water partition coefficient (Wildman–Crippen LogP) is 2.74. The summed E-state index contributed by atoms with van der Waals surface area (Å²) < 4.78 is 13.3. The molecule has 0 radical (unpaired) electrons. The highest BCUT2D eigenvalue weighted by Crippen LogP contribution is 2.28. The molecule has 1 aromatic rings. The van der Waals surface area contributed by atoms with Crippen LogP contribution in [-0.2, 0) is 0 Å². The number of carbonyl (C=O) groups excluding carboxylic acids is 1. The van der Waals surface area contributed by atoms with Crippen LogP contribution in [-0.4, -0.2) is 23.8 Å². The first kappa shape index (κ1) is 14.2. The second-order valence-electron chi connectivity index (χ2n) is 3.43. The maximum Gasteiger partial charge on any atom is 0.319 e. The summed E-state index contributed by atoms with van der Waals surface area (Å²) in [5.74, 6) is -0.510. The zero-order valence-electron chi connectivity index (χ0n) is 8.93. The minimum absolute atomic E-state index is 0.0949. The van der Waals surface area contributed by atoms with Crippen LogP contribution in [0.3, 0.4) is 0 Å². The van der Waals surface area contributed by atoms with Crippen LogP contribution < -0.4 is 10.6 Å². The fourth-order valence-electron chi connectivity index (χ4n) is 1.05. The zero-order chi connectivity index (χ0) is 13.0. The Hall–Kier alpha value is -0.850. The molecule has 0 fully saturated rings. The molecule has 0 saturated heterocycles. The summed E-state index contributed by atoms with van der Waals surface area (Å²) in [7, 11) is 0. The summed E-state index contributed by atoms with van der Waals surface area (Å²) in [4.78, 5) is 11.4. The number of anilines is 1. The monoisotopic (exact) mass is 324 g/mol. The van der Waals surface area contributed by atoms with Gasteiger partial charge < -0.3 is 15.7 Å². The van der Waals surface area contributed by atoms with E-state index in [0.29, 0.717) is 0 Å². The lowest BCUT2D eigenvalue weighted by molar-refractivity contribution is 0.229. The van der Waals surface area contributed by atoms with Crippen molar-refractivity contribution in [3.63, 3.8) is 0 Å². The van der Waals surface area contributed by atoms with E-state index in [1.165, 1.54) is 6.07 Å². The van der Waals surface area contributed by atoms with Crippen molar-refractivity contribution in [2.45, 2.75) is 13.0 Å². The van der Waals surface area contributed by atoms with Crippen LogP contribution >= 0.6 is 27.5 Å². The Labute approximate surface area is 111 Å². The summed E-state index contributed by atoms with van der Waals surface area (Å²) >= 11 is 8.75. The van der Waals surface area contributed by atoms with Gasteiger partial charge in [0.15, 0.2) is 0 Å². The second-order valence-corrected chi connectivity index (χ2v) is 4.69. The highest BCUT2D eigenvalue weighted by molar-refractivity contribution is 9.10. The SMILES string of the molecule is C[C@@H](CO)NC(=O)Nc1cc(Br)c(F)cc1Cl. The standard InChI is InChI=1S/C10H11BrClFN2O2/c1-5(4-16)14-10(17)15-9-2-6(11)8(13)3-7(9)12/h2-3,5,16H,4H2,1H3,(H2,14,15,17)/t5-/m0/s1. The molecule has 0 unspecified atom stereocenters. The zero-order valence-corrected chi connectivity index (χ0v) is 11.3. The van der Waals surface area contributed by atoms with Gasteiger partial charge in [-0.2, -0.15) is 0 Å². The Kier molecular flexibility index (Phi) is 5.17. The molecule has 4 nitrogen and oxygen atoms in total. The molecule has 1 atom stereocenters. The van der Waals surface area contributed by atoms with Gasteiger partial charge in [-0.3, -0.25) is 0 Å². The molecule has 0 aliphatic heterocycles. The van der Waals surface area contributed by atoms with Crippen LogP contribution in [0, 0.1) is 5.82 Å². The number of aliphatic hydroxyl groups excluding tert-OH is 1. The Bertz CT molecular complexity index is 431. The van der Waals surface area contributed by atoms with E-state index in [0.717, 1.165) is 6.07 Å². The molecule has 7 heteroatoms. The predicted molar refractivity (Wildman–Crippen MR) is 67.8 cm³/mol. The lowest BCUT2D eigenvalue weighted by Gasteiger charge is -2.13. The van der Waals surface area contributed by atoms with Gasteiger partial charge >= 0.3 is 6.03 Å². The molecule has 3 N–H and O–H groups in total. The summed E-state index contributed by atoms with van der Waals surface area (Å²) in [5.41, 5.74) is 0.280. The number of carbonyl (C=O) groups is 1. The molecule has 0 saturated carbocycles. The third-order valence-electron chi connectivity index (χ3n) is 1.91. The molecule has 0 aliphatic rings. The van der Waals surface area contributed by atoms with Gasteiger partial charge in [-0.05, 0) is 35.0 Å². The summed E-state index contributed by atoms with van der Waals surface area (Å²) in [6.45, 7) is 1.47. The highest BCUT2D eigenvalue weighted by Gasteiger charge is 2.11. The van der Waals surface area contributed by atoms with E-state index < -0.39 is 11.8 Å². The Morgan fingerprint density at radius 3 is 2.88 bits per heavy atom. The molecule has 2 amide bonds. The number of halogens is 3. The van der Waals surface area contributed by atoms with E-state index in [-0.39, 0.29) is 27.8 Å². The van der Waals surface area contributed by atoms with Gasteiger partial charge in [0.2, 0.25) is 0 Å². The maximum absolute atomic E-state index is 13.1. The molecule has 0 aromatic heterocycles. The molecule has 1 rings (SSSR count). The fraction of sp³-hybridized carbons (Fsp3) is 0.300. The van der Waals surface area contributed by atoms with Gasteiger partial charge in [-0.15, -0.1) is 0 Å². The number of hydrogen-bond acceptors (Lipinski definition) is 2. The maximum atomic E-state index is 13.1. The van der Waals surface area contributed by atoms with Crippen molar-refractivity contribution in [2.24, 2.45) is 0 Å². The van der Waals surface area contributed by atoms with E-state index in [2.05, 4.69) is 26.6 Å². The molecular formula is C10H11BrClFN2O2. The average Bonchev–Trinajstić information content (AvgIpc) is 2.25. The van der Waals surface area contributed by atoms with Gasteiger partial charge in [0.05, 0.1) is 27.8 Å². The number of rotatable bonds is 3. The van der Waals surface area contributed by atoms with E-state index in [1.54, 1.807) is 6.92 Å². The molecule has 1 aromatic carbocycles. The number of benzene rings is 1. The number of aliphatic hydroxyl groups is 1. The quantitative estimate of drug-likeness (QED) is 0.748. The van der Waals surface area contributed by atoms with Crippen LogP contribution in [0.4, 0.5) is 14.9 Å². The molecule has 0 bridgehead atoms. The third-order valence-corrected chi connectivity index (χ3v) is 2.83.